The number of alkyl halides is 3. The highest BCUT2D eigenvalue weighted by molar-refractivity contribution is 6.08. The lowest BCUT2D eigenvalue weighted by atomic mass is 9.84. The highest BCUT2D eigenvalue weighted by atomic mass is 19.4. The van der Waals surface area contributed by atoms with E-state index in [2.05, 4.69) is 4.98 Å². The van der Waals surface area contributed by atoms with Gasteiger partial charge < -0.3 is 14.4 Å². The number of aryl methyl sites for hydroxylation is 2. The summed E-state index contributed by atoms with van der Waals surface area (Å²) in [5, 5.41) is 11.3. The Kier molecular flexibility index (Phi) is 8.56. The van der Waals surface area contributed by atoms with Crippen LogP contribution in [-0.2, 0) is 35.9 Å². The Morgan fingerprint density at radius 3 is 2.33 bits per heavy atom. The molecule has 0 unspecified atom stereocenters. The molecule has 0 bridgehead atoms. The molecular weight excluding hydrogens is 581 g/mol. The van der Waals surface area contributed by atoms with Gasteiger partial charge >= 0.3 is 12.1 Å². The molecule has 1 amide bonds. The first-order chi connectivity index (χ1) is 21.3. The molecule has 0 saturated heterocycles. The average Bonchev–Trinajstić information content (AvgIpc) is 3.50. The third kappa shape index (κ3) is 6.48. The maximum absolute atomic E-state index is 14.3. The number of nitrogens with zero attached hydrogens (tertiary/aromatic N) is 2. The number of furan rings is 1. The Morgan fingerprint density at radius 1 is 0.889 bits per heavy atom. The summed E-state index contributed by atoms with van der Waals surface area (Å²) in [5.74, 6) is -2.39. The summed E-state index contributed by atoms with van der Waals surface area (Å²) in [4.78, 5) is 31.9. The van der Waals surface area contributed by atoms with E-state index in [0.29, 0.717) is 17.5 Å². The van der Waals surface area contributed by atoms with Crippen molar-refractivity contribution < 1.29 is 32.3 Å². The summed E-state index contributed by atoms with van der Waals surface area (Å²) in [6, 6.07) is 21.0. The van der Waals surface area contributed by atoms with E-state index >= 15 is 0 Å². The first kappa shape index (κ1) is 31.5. The summed E-state index contributed by atoms with van der Waals surface area (Å²) in [7, 11) is 0. The van der Waals surface area contributed by atoms with Crippen molar-refractivity contribution in [2.75, 3.05) is 0 Å². The fourth-order valence-corrected chi connectivity index (χ4v) is 5.38. The predicted molar refractivity (Wildman–Crippen MR) is 166 cm³/mol. The zero-order valence-corrected chi connectivity index (χ0v) is 25.4. The van der Waals surface area contributed by atoms with E-state index in [1.54, 1.807) is 26.2 Å². The molecule has 0 fully saturated rings. The van der Waals surface area contributed by atoms with Crippen molar-refractivity contribution in [2.45, 2.75) is 58.8 Å². The molecule has 1 N–H and O–H groups in total. The largest absolute Gasteiger partial charge is 0.481 e. The number of pyridine rings is 1. The van der Waals surface area contributed by atoms with E-state index < -0.39 is 23.3 Å². The first-order valence-electron chi connectivity index (χ1n) is 14.5. The van der Waals surface area contributed by atoms with Crippen molar-refractivity contribution in [3.05, 3.63) is 125 Å². The van der Waals surface area contributed by atoms with Crippen LogP contribution in [0.3, 0.4) is 0 Å². The van der Waals surface area contributed by atoms with Gasteiger partial charge in [0.05, 0.1) is 17.5 Å². The molecule has 6 nitrogen and oxygen atoms in total. The number of carbonyl (C=O) groups excluding carboxylic acids is 1. The van der Waals surface area contributed by atoms with Crippen LogP contribution in [0.2, 0.25) is 0 Å². The number of halogens is 3. The van der Waals surface area contributed by atoms with Crippen LogP contribution in [-0.4, -0.2) is 26.9 Å². The topological polar surface area (TPSA) is 83.6 Å². The smallest absolute Gasteiger partial charge is 0.449 e. The van der Waals surface area contributed by atoms with Crippen molar-refractivity contribution in [2.24, 2.45) is 0 Å². The van der Waals surface area contributed by atoms with Crippen molar-refractivity contribution in [3.8, 4) is 11.1 Å². The highest BCUT2D eigenvalue weighted by Crippen LogP contribution is 2.33. The maximum Gasteiger partial charge on any atom is 0.449 e. The van der Waals surface area contributed by atoms with Crippen LogP contribution in [0.5, 0.6) is 0 Å². The lowest BCUT2D eigenvalue weighted by molar-refractivity contribution is -0.153. The first-order valence-corrected chi connectivity index (χ1v) is 14.5. The molecule has 0 aliphatic carbocycles. The number of fused-ring (bicyclic) bond motifs is 1. The second kappa shape index (κ2) is 12.2. The van der Waals surface area contributed by atoms with Crippen LogP contribution in [0.4, 0.5) is 13.2 Å². The molecule has 9 heteroatoms. The fraction of sp³-hybridized carbons (Fsp3) is 0.250. The zero-order chi connectivity index (χ0) is 32.5. The molecule has 2 heterocycles. The molecule has 45 heavy (non-hydrogen) atoms. The van der Waals surface area contributed by atoms with Gasteiger partial charge in [0.15, 0.2) is 0 Å². The van der Waals surface area contributed by atoms with Gasteiger partial charge in [-0.05, 0) is 84.0 Å². The average molecular weight is 615 g/mol. The fourth-order valence-electron chi connectivity index (χ4n) is 5.38. The standard InChI is InChI=1S/C36H33F3N2O4/c1-5-23-16-25(27-17-28(19-40-18-27)35(3,4)34(43)44)12-13-26(23)20-41(21-29-14-15-31(45-29)36(37,38)39)33(42)32-22(2)10-11-24-8-6-7-9-30(24)32/h6-19H,5,20-21H2,1-4H3,(H,43,44). The quantitative estimate of drug-likeness (QED) is 0.180. The van der Waals surface area contributed by atoms with E-state index in [1.165, 1.54) is 11.0 Å². The van der Waals surface area contributed by atoms with E-state index in [1.807, 2.05) is 74.5 Å². The molecule has 0 radical (unpaired) electrons. The van der Waals surface area contributed by atoms with E-state index in [-0.39, 0.29) is 24.8 Å². The number of hydrogen-bond acceptors (Lipinski definition) is 4. The lowest BCUT2D eigenvalue weighted by Gasteiger charge is -2.25. The van der Waals surface area contributed by atoms with Crippen LogP contribution >= 0.6 is 0 Å². The Balaban J connectivity index is 1.54. The number of hydrogen-bond donors (Lipinski definition) is 1. The van der Waals surface area contributed by atoms with Gasteiger partial charge in [-0.15, -0.1) is 0 Å². The number of aromatic nitrogens is 1. The summed E-state index contributed by atoms with van der Waals surface area (Å²) < 4.78 is 45.1. The SMILES string of the molecule is CCc1cc(-c2cncc(C(C)(C)C(=O)O)c2)ccc1CN(Cc1ccc(C(F)(F)F)o1)C(=O)c1c(C)ccc2ccccc12. The van der Waals surface area contributed by atoms with Crippen LogP contribution in [0.25, 0.3) is 21.9 Å². The minimum absolute atomic E-state index is 0.0205. The summed E-state index contributed by atoms with van der Waals surface area (Å²) in [6.07, 6.45) is -0.809. The Labute approximate surface area is 259 Å². The van der Waals surface area contributed by atoms with Gasteiger partial charge in [-0.2, -0.15) is 13.2 Å². The van der Waals surface area contributed by atoms with Gasteiger partial charge in [0.2, 0.25) is 5.76 Å². The third-order valence-corrected chi connectivity index (χ3v) is 8.20. The minimum Gasteiger partial charge on any atom is -0.481 e. The molecule has 0 aliphatic heterocycles. The number of carboxylic acids is 1. The monoisotopic (exact) mass is 614 g/mol. The molecule has 0 atom stereocenters. The van der Waals surface area contributed by atoms with E-state index in [9.17, 15) is 27.9 Å². The minimum atomic E-state index is -4.64. The number of aliphatic carboxylic acids is 1. The zero-order valence-electron chi connectivity index (χ0n) is 25.4. The molecule has 2 aromatic heterocycles. The number of amides is 1. The molecule has 5 rings (SSSR count). The van der Waals surface area contributed by atoms with E-state index in [4.69, 9.17) is 4.42 Å². The van der Waals surface area contributed by atoms with Crippen LogP contribution in [0, 0.1) is 6.92 Å². The van der Waals surface area contributed by atoms with Crippen molar-refractivity contribution >= 4 is 22.6 Å². The summed E-state index contributed by atoms with van der Waals surface area (Å²) >= 11 is 0. The van der Waals surface area contributed by atoms with Gasteiger partial charge in [-0.3, -0.25) is 14.6 Å². The van der Waals surface area contributed by atoms with Gasteiger partial charge in [0.25, 0.3) is 5.91 Å². The predicted octanol–water partition coefficient (Wildman–Crippen LogP) is 8.59. The molecule has 3 aromatic carbocycles. The Hall–Kier alpha value is -4.92. The van der Waals surface area contributed by atoms with Gasteiger partial charge in [0, 0.05) is 24.5 Å². The summed E-state index contributed by atoms with van der Waals surface area (Å²) in [6.45, 7) is 7.02. The number of benzene rings is 3. The molecular formula is C36H33F3N2O4. The van der Waals surface area contributed by atoms with E-state index in [0.717, 1.165) is 44.7 Å². The number of carbonyl (C=O) groups is 2. The molecule has 0 aliphatic rings. The van der Waals surface area contributed by atoms with Crippen molar-refractivity contribution in [1.29, 1.82) is 0 Å². The molecule has 232 valence electrons. The Morgan fingerprint density at radius 2 is 1.64 bits per heavy atom. The number of rotatable bonds is 9. The van der Waals surface area contributed by atoms with Crippen LogP contribution in [0.15, 0.2) is 89.6 Å². The van der Waals surface area contributed by atoms with Gasteiger partial charge in [-0.1, -0.05) is 61.5 Å². The van der Waals surface area contributed by atoms with Gasteiger partial charge in [0.1, 0.15) is 5.76 Å². The van der Waals surface area contributed by atoms with Crippen molar-refractivity contribution in [3.63, 3.8) is 0 Å². The molecule has 0 saturated carbocycles. The third-order valence-electron chi connectivity index (χ3n) is 8.20. The lowest BCUT2D eigenvalue weighted by Crippen LogP contribution is -2.31. The van der Waals surface area contributed by atoms with Crippen molar-refractivity contribution in [1.82, 2.24) is 9.88 Å². The molecule has 5 aromatic rings. The normalized spacial score (nSPS) is 12.0. The second-order valence-electron chi connectivity index (χ2n) is 11.6. The summed E-state index contributed by atoms with van der Waals surface area (Å²) in [5.41, 5.74) is 4.00. The Bertz CT molecular complexity index is 1890. The van der Waals surface area contributed by atoms with Crippen LogP contribution in [0.1, 0.15) is 64.9 Å². The highest BCUT2D eigenvalue weighted by Gasteiger charge is 2.35. The van der Waals surface area contributed by atoms with Gasteiger partial charge in [-0.25, -0.2) is 0 Å². The van der Waals surface area contributed by atoms with Crippen LogP contribution < -0.4 is 0 Å². The maximum atomic E-state index is 14.3. The number of carboxylic acid groups (broad SMARTS) is 1. The molecule has 0 spiro atoms. The second-order valence-corrected chi connectivity index (χ2v) is 11.6.